The topological polar surface area (TPSA) is 88.2 Å². The summed E-state index contributed by atoms with van der Waals surface area (Å²) in [6.45, 7) is 1.86. The number of nitrogens with one attached hydrogen (secondary N) is 1. The number of carbonyl (C=O) groups excluding carboxylic acids is 3. The van der Waals surface area contributed by atoms with E-state index in [0.29, 0.717) is 43.3 Å². The van der Waals surface area contributed by atoms with Crippen LogP contribution >= 0.6 is 0 Å². The molecule has 0 atom stereocenters. The zero-order chi connectivity index (χ0) is 21.8. The van der Waals surface area contributed by atoms with Crippen molar-refractivity contribution in [3.05, 3.63) is 65.5 Å². The molecule has 0 bridgehead atoms. The molecule has 2 saturated heterocycles. The molecule has 160 valence electrons. The summed E-state index contributed by atoms with van der Waals surface area (Å²) in [5.74, 6) is -1.40. The van der Waals surface area contributed by atoms with Gasteiger partial charge in [0.1, 0.15) is 17.1 Å². The van der Waals surface area contributed by atoms with Gasteiger partial charge in [-0.05, 0) is 36.4 Å². The number of morpholine rings is 1. The second kappa shape index (κ2) is 8.97. The Bertz CT molecular complexity index is 1030. The van der Waals surface area contributed by atoms with Gasteiger partial charge in [0.2, 0.25) is 0 Å². The van der Waals surface area contributed by atoms with Crippen LogP contribution < -0.4 is 15.2 Å². The summed E-state index contributed by atoms with van der Waals surface area (Å²) in [6, 6.07) is 12.0. The monoisotopic (exact) mass is 425 g/mol. The number of ether oxygens (including phenoxy) is 2. The van der Waals surface area contributed by atoms with E-state index in [0.717, 1.165) is 5.01 Å². The Morgan fingerprint density at radius 1 is 1.10 bits per heavy atom. The minimum Gasteiger partial charge on any atom is -0.483 e. The van der Waals surface area contributed by atoms with Crippen molar-refractivity contribution < 1.29 is 28.2 Å². The van der Waals surface area contributed by atoms with E-state index in [2.05, 4.69) is 5.43 Å². The molecule has 0 aliphatic carbocycles. The number of para-hydroxylation sites is 1. The van der Waals surface area contributed by atoms with Gasteiger partial charge in [-0.15, -0.1) is 0 Å². The van der Waals surface area contributed by atoms with Gasteiger partial charge >= 0.3 is 0 Å². The Hall–Kier alpha value is -3.72. The van der Waals surface area contributed by atoms with Crippen molar-refractivity contribution in [2.75, 3.05) is 37.9 Å². The summed E-state index contributed by atoms with van der Waals surface area (Å²) in [5.41, 5.74) is 3.19. The summed E-state index contributed by atoms with van der Waals surface area (Å²) in [6.07, 6.45) is 1.41. The molecule has 0 aromatic heterocycles. The number of halogens is 1. The highest BCUT2D eigenvalue weighted by Crippen LogP contribution is 2.25. The van der Waals surface area contributed by atoms with Gasteiger partial charge in [-0.3, -0.25) is 19.8 Å². The van der Waals surface area contributed by atoms with Crippen molar-refractivity contribution in [3.63, 3.8) is 0 Å². The lowest BCUT2D eigenvalue weighted by atomic mass is 10.1. The van der Waals surface area contributed by atoms with Crippen molar-refractivity contribution in [1.29, 1.82) is 0 Å². The summed E-state index contributed by atoms with van der Waals surface area (Å²) < 4.78 is 24.1. The van der Waals surface area contributed by atoms with Crippen molar-refractivity contribution in [3.8, 4) is 5.75 Å². The van der Waals surface area contributed by atoms with Gasteiger partial charge in [0.25, 0.3) is 17.7 Å². The molecule has 0 spiro atoms. The van der Waals surface area contributed by atoms with E-state index in [4.69, 9.17) is 9.47 Å². The predicted octanol–water partition coefficient (Wildman–Crippen LogP) is 1.52. The van der Waals surface area contributed by atoms with E-state index >= 15 is 0 Å². The first-order valence-electron chi connectivity index (χ1n) is 9.73. The number of hydrogen-bond acceptors (Lipinski definition) is 5. The lowest BCUT2D eigenvalue weighted by Crippen LogP contribution is -2.43. The van der Waals surface area contributed by atoms with Crippen LogP contribution in [0.3, 0.4) is 0 Å². The maximum absolute atomic E-state index is 13.2. The van der Waals surface area contributed by atoms with E-state index in [9.17, 15) is 18.8 Å². The summed E-state index contributed by atoms with van der Waals surface area (Å²) >= 11 is 0. The Kier molecular flexibility index (Phi) is 5.94. The number of carbonyl (C=O) groups is 3. The third-order valence-corrected chi connectivity index (χ3v) is 4.91. The van der Waals surface area contributed by atoms with Crippen molar-refractivity contribution in [1.82, 2.24) is 10.3 Å². The van der Waals surface area contributed by atoms with Gasteiger partial charge in [0, 0.05) is 18.7 Å². The van der Waals surface area contributed by atoms with Crippen LogP contribution in [-0.4, -0.2) is 55.5 Å². The zero-order valence-electron chi connectivity index (χ0n) is 16.5. The third kappa shape index (κ3) is 4.56. The lowest BCUT2D eigenvalue weighted by Gasteiger charge is -2.26. The van der Waals surface area contributed by atoms with Gasteiger partial charge in [0.05, 0.1) is 18.9 Å². The highest BCUT2D eigenvalue weighted by atomic mass is 19.1. The Balaban J connectivity index is 1.50. The first kappa shape index (κ1) is 20.5. The number of benzene rings is 2. The molecule has 2 heterocycles. The molecule has 0 unspecified atom stereocenters. The van der Waals surface area contributed by atoms with Gasteiger partial charge in [0.15, 0.2) is 6.61 Å². The Labute approximate surface area is 177 Å². The van der Waals surface area contributed by atoms with Gasteiger partial charge in [-0.2, -0.15) is 0 Å². The van der Waals surface area contributed by atoms with Crippen LogP contribution in [0.2, 0.25) is 0 Å². The number of rotatable bonds is 5. The first-order chi connectivity index (χ1) is 15.0. The molecule has 2 aromatic carbocycles. The average Bonchev–Trinajstić information content (AvgIpc) is 3.07. The number of nitrogens with zero attached hydrogens (tertiary/aromatic N) is 2. The van der Waals surface area contributed by atoms with Crippen molar-refractivity contribution in [2.24, 2.45) is 0 Å². The fourth-order valence-electron chi connectivity index (χ4n) is 3.26. The van der Waals surface area contributed by atoms with Crippen LogP contribution in [-0.2, 0) is 19.1 Å². The molecule has 8 nitrogen and oxygen atoms in total. The van der Waals surface area contributed by atoms with E-state index in [1.54, 1.807) is 29.2 Å². The second-order valence-electron chi connectivity index (χ2n) is 6.94. The zero-order valence-corrected chi connectivity index (χ0v) is 16.5. The summed E-state index contributed by atoms with van der Waals surface area (Å²) in [7, 11) is 0. The minimum absolute atomic E-state index is 0.0973. The largest absolute Gasteiger partial charge is 0.483 e. The second-order valence-corrected chi connectivity index (χ2v) is 6.94. The number of hydrogen-bond donors (Lipinski definition) is 1. The molecular weight excluding hydrogens is 405 g/mol. The maximum atomic E-state index is 13.2. The van der Waals surface area contributed by atoms with E-state index in [1.165, 1.54) is 30.3 Å². The van der Waals surface area contributed by atoms with E-state index < -0.39 is 17.6 Å². The van der Waals surface area contributed by atoms with Gasteiger partial charge < -0.3 is 14.4 Å². The van der Waals surface area contributed by atoms with E-state index in [1.807, 2.05) is 0 Å². The molecule has 2 aliphatic rings. The molecule has 4 rings (SSSR count). The fourth-order valence-corrected chi connectivity index (χ4v) is 3.26. The number of anilines is 1. The SMILES string of the molecule is O=C1NN(c2ccc(F)cc2)C(=O)/C1=C\c1ccccc1OCC(=O)N1CCOCC1. The number of hydrazine groups is 1. The Morgan fingerprint density at radius 2 is 1.81 bits per heavy atom. The van der Waals surface area contributed by atoms with Crippen LogP contribution in [0.15, 0.2) is 54.1 Å². The Morgan fingerprint density at radius 3 is 2.55 bits per heavy atom. The van der Waals surface area contributed by atoms with E-state index in [-0.39, 0.29) is 18.1 Å². The average molecular weight is 425 g/mol. The summed E-state index contributed by atoms with van der Waals surface area (Å²) in [4.78, 5) is 39.2. The van der Waals surface area contributed by atoms with Gasteiger partial charge in [-0.1, -0.05) is 18.2 Å². The maximum Gasteiger partial charge on any atom is 0.282 e. The molecule has 31 heavy (non-hydrogen) atoms. The molecule has 9 heteroatoms. The first-order valence-corrected chi connectivity index (χ1v) is 9.73. The third-order valence-electron chi connectivity index (χ3n) is 4.91. The van der Waals surface area contributed by atoms with Crippen LogP contribution in [0.25, 0.3) is 6.08 Å². The molecule has 0 saturated carbocycles. The normalized spacial score (nSPS) is 17.8. The smallest absolute Gasteiger partial charge is 0.282 e. The van der Waals surface area contributed by atoms with Gasteiger partial charge in [-0.25, -0.2) is 9.40 Å². The molecule has 2 aliphatic heterocycles. The molecule has 2 fully saturated rings. The van der Waals surface area contributed by atoms with Crippen LogP contribution in [0.4, 0.5) is 10.1 Å². The quantitative estimate of drug-likeness (QED) is 0.580. The van der Waals surface area contributed by atoms with Crippen molar-refractivity contribution >= 4 is 29.5 Å². The van der Waals surface area contributed by atoms with Crippen LogP contribution in [0, 0.1) is 5.82 Å². The highest BCUT2D eigenvalue weighted by molar-refractivity contribution is 6.31. The molecular formula is C22H20FN3O5. The highest BCUT2D eigenvalue weighted by Gasteiger charge is 2.34. The van der Waals surface area contributed by atoms with Crippen molar-refractivity contribution in [2.45, 2.75) is 0 Å². The molecule has 0 radical (unpaired) electrons. The molecule has 3 amide bonds. The number of amides is 3. The summed E-state index contributed by atoms with van der Waals surface area (Å²) in [5, 5.41) is 1.05. The lowest BCUT2D eigenvalue weighted by molar-refractivity contribution is -0.137. The van der Waals surface area contributed by atoms with Crippen LogP contribution in [0.1, 0.15) is 5.56 Å². The minimum atomic E-state index is -0.589. The fraction of sp³-hybridized carbons (Fsp3) is 0.227. The standard InChI is InChI=1S/C22H20FN3O5/c23-16-5-7-17(8-6-16)26-22(29)18(21(28)24-26)13-15-3-1-2-4-19(15)31-14-20(27)25-9-11-30-12-10-25/h1-8,13H,9-12,14H2,(H,24,28)/b18-13-. The van der Waals surface area contributed by atoms with Crippen LogP contribution in [0.5, 0.6) is 5.75 Å². The molecule has 2 aromatic rings. The molecule has 1 N–H and O–H groups in total. The predicted molar refractivity (Wildman–Crippen MR) is 109 cm³/mol.